The van der Waals surface area contributed by atoms with Gasteiger partial charge in [0.25, 0.3) is 0 Å². The average molecular weight is 335 g/mol. The summed E-state index contributed by atoms with van der Waals surface area (Å²) in [6.45, 7) is 4.12. The van der Waals surface area contributed by atoms with Crippen LogP contribution in [0.1, 0.15) is 24.6 Å². The molecule has 3 rings (SSSR count). The maximum Gasteiger partial charge on any atom is 0.223 e. The highest BCUT2D eigenvalue weighted by Gasteiger charge is 2.34. The molecule has 24 heavy (non-hydrogen) atoms. The normalized spacial score (nSPS) is 27.3. The Kier molecular flexibility index (Phi) is 5.53. The Morgan fingerprint density at radius 2 is 2.04 bits per heavy atom. The number of morpholine rings is 1. The van der Waals surface area contributed by atoms with Crippen molar-refractivity contribution in [2.45, 2.75) is 25.0 Å². The Morgan fingerprint density at radius 3 is 2.71 bits per heavy atom. The summed E-state index contributed by atoms with van der Waals surface area (Å²) < 4.78 is 8.02. The van der Waals surface area contributed by atoms with Gasteiger partial charge in [0.2, 0.25) is 5.91 Å². The number of hydrogen-bond acceptors (Lipinski definition) is 5. The van der Waals surface area contributed by atoms with Gasteiger partial charge in [-0.15, -0.1) is 0 Å². The van der Waals surface area contributed by atoms with Crippen LogP contribution in [0.5, 0.6) is 0 Å². The smallest absolute Gasteiger partial charge is 0.223 e. The minimum Gasteiger partial charge on any atom is -0.373 e. The third-order valence-electron chi connectivity index (χ3n) is 5.33. The van der Waals surface area contributed by atoms with Crippen LogP contribution in [0.25, 0.3) is 0 Å². The highest BCUT2D eigenvalue weighted by Crippen LogP contribution is 2.27. The molecule has 1 aromatic rings. The Balaban J connectivity index is 1.60. The fourth-order valence-corrected chi connectivity index (χ4v) is 3.72. The van der Waals surface area contributed by atoms with Gasteiger partial charge in [0.05, 0.1) is 30.8 Å². The molecule has 0 aliphatic carbocycles. The van der Waals surface area contributed by atoms with Gasteiger partial charge in [-0.3, -0.25) is 9.69 Å². The number of carbonyl (C=O) groups excluding carboxylic acids is 1. The average Bonchev–Trinajstić information content (AvgIpc) is 2.99. The summed E-state index contributed by atoms with van der Waals surface area (Å²) in [5, 5.41) is 3.13. The number of hydrogen-bond donors (Lipinski definition) is 1. The van der Waals surface area contributed by atoms with Gasteiger partial charge in [0.15, 0.2) is 0 Å². The molecule has 0 saturated carbocycles. The van der Waals surface area contributed by atoms with Crippen molar-refractivity contribution in [2.75, 3.05) is 46.9 Å². The van der Waals surface area contributed by atoms with Crippen LogP contribution < -0.4 is 5.32 Å². The predicted molar refractivity (Wildman–Crippen MR) is 91.5 cm³/mol. The molecule has 0 unspecified atom stereocenters. The van der Waals surface area contributed by atoms with Crippen LogP contribution in [0, 0.1) is 5.92 Å². The fourth-order valence-electron chi connectivity index (χ4n) is 3.72. The van der Waals surface area contributed by atoms with Crippen molar-refractivity contribution in [3.63, 3.8) is 0 Å². The first-order valence-corrected chi connectivity index (χ1v) is 8.80. The van der Waals surface area contributed by atoms with Crippen LogP contribution in [0.2, 0.25) is 0 Å². The summed E-state index contributed by atoms with van der Waals surface area (Å²) in [7, 11) is 6.21. The van der Waals surface area contributed by atoms with Gasteiger partial charge in [0, 0.05) is 32.3 Å². The van der Waals surface area contributed by atoms with E-state index in [0.29, 0.717) is 13.2 Å². The zero-order valence-electron chi connectivity index (χ0n) is 14.9. The Hall–Kier alpha value is -1.44. The summed E-state index contributed by atoms with van der Waals surface area (Å²) in [6, 6.07) is 0.115. The van der Waals surface area contributed by atoms with Crippen LogP contribution in [0.4, 0.5) is 0 Å². The second-order valence-corrected chi connectivity index (χ2v) is 7.09. The first-order chi connectivity index (χ1) is 11.6. The molecule has 0 radical (unpaired) electrons. The quantitative estimate of drug-likeness (QED) is 0.855. The van der Waals surface area contributed by atoms with Crippen molar-refractivity contribution >= 4 is 5.91 Å². The van der Waals surface area contributed by atoms with Crippen molar-refractivity contribution in [3.05, 3.63) is 18.2 Å². The van der Waals surface area contributed by atoms with E-state index < -0.39 is 0 Å². The molecular weight excluding hydrogens is 306 g/mol. The second-order valence-electron chi connectivity index (χ2n) is 7.09. The van der Waals surface area contributed by atoms with Gasteiger partial charge in [0.1, 0.15) is 0 Å². The van der Waals surface area contributed by atoms with Crippen LogP contribution in [0.15, 0.2) is 12.5 Å². The molecule has 134 valence electrons. The number of likely N-dealkylation sites (tertiary alicyclic amines) is 1. The van der Waals surface area contributed by atoms with Crippen molar-refractivity contribution < 1.29 is 9.53 Å². The zero-order chi connectivity index (χ0) is 17.1. The van der Waals surface area contributed by atoms with E-state index in [0.717, 1.165) is 38.2 Å². The third-order valence-corrected chi connectivity index (χ3v) is 5.33. The minimum absolute atomic E-state index is 0.0469. The molecule has 2 aliphatic rings. The Labute approximate surface area is 144 Å². The Morgan fingerprint density at radius 1 is 1.29 bits per heavy atom. The maximum absolute atomic E-state index is 12.5. The molecule has 7 nitrogen and oxygen atoms in total. The standard InChI is InChI=1S/C17H29N5O2/c1-20-6-4-13(5-7-20)17(23)19-11-15-16(21(2)8-9-24-15)14-10-18-12-22(14)3/h10,12-13,15-16H,4-9,11H2,1-3H3,(H,19,23)/t15-,16-/m0/s1. The number of aromatic nitrogens is 2. The number of carbonyl (C=O) groups is 1. The van der Waals surface area contributed by atoms with Gasteiger partial charge >= 0.3 is 0 Å². The van der Waals surface area contributed by atoms with Crippen LogP contribution in [-0.2, 0) is 16.6 Å². The summed E-state index contributed by atoms with van der Waals surface area (Å²) >= 11 is 0. The summed E-state index contributed by atoms with van der Waals surface area (Å²) in [6.07, 6.45) is 5.54. The molecule has 7 heteroatoms. The lowest BCUT2D eigenvalue weighted by atomic mass is 9.96. The number of likely N-dealkylation sites (N-methyl/N-ethyl adjacent to an activating group) is 1. The first-order valence-electron chi connectivity index (χ1n) is 8.80. The van der Waals surface area contributed by atoms with Gasteiger partial charge in [-0.05, 0) is 40.0 Å². The Bertz CT molecular complexity index is 553. The van der Waals surface area contributed by atoms with Gasteiger partial charge in [-0.1, -0.05) is 0 Å². The maximum atomic E-state index is 12.5. The molecular formula is C17H29N5O2. The van der Waals surface area contributed by atoms with Crippen molar-refractivity contribution in [1.29, 1.82) is 0 Å². The van der Waals surface area contributed by atoms with Gasteiger partial charge in [-0.2, -0.15) is 0 Å². The monoisotopic (exact) mass is 335 g/mol. The fraction of sp³-hybridized carbons (Fsp3) is 0.765. The second kappa shape index (κ2) is 7.63. The van der Waals surface area contributed by atoms with E-state index in [1.807, 2.05) is 24.1 Å². The lowest BCUT2D eigenvalue weighted by molar-refractivity contribution is -0.128. The van der Waals surface area contributed by atoms with Crippen LogP contribution in [-0.4, -0.2) is 78.2 Å². The van der Waals surface area contributed by atoms with E-state index in [1.165, 1.54) is 0 Å². The van der Waals surface area contributed by atoms with Gasteiger partial charge in [-0.25, -0.2) is 4.98 Å². The molecule has 2 fully saturated rings. The van der Waals surface area contributed by atoms with E-state index in [-0.39, 0.29) is 24.0 Å². The van der Waals surface area contributed by atoms with Crippen LogP contribution >= 0.6 is 0 Å². The molecule has 0 aromatic carbocycles. The molecule has 1 aromatic heterocycles. The van der Waals surface area contributed by atoms with E-state index in [2.05, 4.69) is 34.2 Å². The summed E-state index contributed by atoms with van der Waals surface area (Å²) in [5.74, 6) is 0.307. The summed E-state index contributed by atoms with van der Waals surface area (Å²) in [5.41, 5.74) is 1.12. The van der Waals surface area contributed by atoms with Crippen molar-refractivity contribution in [2.24, 2.45) is 13.0 Å². The number of imidazole rings is 1. The number of amides is 1. The number of piperidine rings is 1. The number of nitrogens with zero attached hydrogens (tertiary/aromatic N) is 4. The SMILES string of the molecule is CN1CCC(C(=O)NC[C@@H]2OCCN(C)[C@H]2c2cncn2C)CC1. The third kappa shape index (κ3) is 3.79. The number of ether oxygens (including phenoxy) is 1. The predicted octanol–water partition coefficient (Wildman–Crippen LogP) is 0.250. The van der Waals surface area contributed by atoms with Crippen LogP contribution in [0.3, 0.4) is 0 Å². The highest BCUT2D eigenvalue weighted by atomic mass is 16.5. The molecule has 1 amide bonds. The summed E-state index contributed by atoms with van der Waals surface area (Å²) in [4.78, 5) is 21.3. The molecule has 2 aliphatic heterocycles. The van der Waals surface area contributed by atoms with E-state index >= 15 is 0 Å². The molecule has 0 spiro atoms. The van der Waals surface area contributed by atoms with E-state index in [9.17, 15) is 4.79 Å². The lowest BCUT2D eigenvalue weighted by Crippen LogP contribution is -2.50. The minimum atomic E-state index is -0.0469. The molecule has 0 bridgehead atoms. The topological polar surface area (TPSA) is 62.6 Å². The molecule has 2 saturated heterocycles. The van der Waals surface area contributed by atoms with E-state index in [4.69, 9.17) is 4.74 Å². The molecule has 2 atom stereocenters. The number of aryl methyl sites for hydroxylation is 1. The largest absolute Gasteiger partial charge is 0.373 e. The lowest BCUT2D eigenvalue weighted by Gasteiger charge is -2.39. The highest BCUT2D eigenvalue weighted by molar-refractivity contribution is 5.78. The number of rotatable bonds is 4. The van der Waals surface area contributed by atoms with Gasteiger partial charge < -0.3 is 19.5 Å². The molecule has 1 N–H and O–H groups in total. The van der Waals surface area contributed by atoms with Crippen molar-refractivity contribution in [1.82, 2.24) is 24.7 Å². The van der Waals surface area contributed by atoms with E-state index in [1.54, 1.807) is 0 Å². The first kappa shape index (κ1) is 17.4. The molecule has 3 heterocycles. The number of nitrogens with one attached hydrogen (secondary N) is 1. The van der Waals surface area contributed by atoms with Crippen molar-refractivity contribution in [3.8, 4) is 0 Å². The zero-order valence-corrected chi connectivity index (χ0v) is 14.9.